The lowest BCUT2D eigenvalue weighted by Gasteiger charge is -2.09. The Labute approximate surface area is 186 Å². The number of benzene rings is 2. The Morgan fingerprint density at radius 2 is 1.88 bits per heavy atom. The Hall–Kier alpha value is -3.88. The first kappa shape index (κ1) is 21.4. The van der Waals surface area contributed by atoms with Crippen LogP contribution in [0, 0.1) is 0 Å². The Morgan fingerprint density at radius 1 is 1.09 bits per heavy atom. The summed E-state index contributed by atoms with van der Waals surface area (Å²) >= 11 is 0. The predicted octanol–water partition coefficient (Wildman–Crippen LogP) is 3.15. The fourth-order valence-corrected chi connectivity index (χ4v) is 3.53. The molecule has 0 unspecified atom stereocenters. The second-order valence-electron chi connectivity index (χ2n) is 7.61. The Bertz CT molecular complexity index is 1170. The third-order valence-corrected chi connectivity index (χ3v) is 5.17. The molecule has 164 valence electrons. The maximum atomic E-state index is 11.2. The van der Waals surface area contributed by atoms with Gasteiger partial charge in [-0.05, 0) is 33.5 Å². The number of rotatable bonds is 9. The number of H-pyrrole nitrogens is 1. The summed E-state index contributed by atoms with van der Waals surface area (Å²) in [7, 11) is 0. The number of hydrogen-bond donors (Lipinski definition) is 2. The Morgan fingerprint density at radius 3 is 2.56 bits per heavy atom. The molecule has 2 aromatic carbocycles. The second-order valence-corrected chi connectivity index (χ2v) is 7.61. The fourth-order valence-electron chi connectivity index (χ4n) is 3.53. The number of aromatic amines is 1. The van der Waals surface area contributed by atoms with Crippen LogP contribution in [0.2, 0.25) is 0 Å². The molecule has 4 aromatic rings. The van der Waals surface area contributed by atoms with Crippen LogP contribution in [0.5, 0.6) is 0 Å². The molecule has 2 heterocycles. The topological polar surface area (TPSA) is 114 Å². The number of aryl methyl sites for hydroxylation is 1. The summed E-state index contributed by atoms with van der Waals surface area (Å²) in [5.74, 6) is 2.13. The van der Waals surface area contributed by atoms with Crippen LogP contribution in [0.4, 0.5) is 0 Å². The third-order valence-electron chi connectivity index (χ3n) is 5.17. The molecule has 4 rings (SSSR count). The van der Waals surface area contributed by atoms with Gasteiger partial charge < -0.3 is 5.32 Å². The van der Waals surface area contributed by atoms with E-state index in [1.54, 1.807) is 0 Å². The molecule has 32 heavy (non-hydrogen) atoms. The minimum absolute atomic E-state index is 0.0894. The normalized spacial score (nSPS) is 10.9. The highest BCUT2D eigenvalue weighted by Gasteiger charge is 2.12. The number of hydrogen-bond acceptors (Lipinski definition) is 6. The van der Waals surface area contributed by atoms with Crippen LogP contribution in [0.25, 0.3) is 22.5 Å². The molecule has 0 aliphatic heterocycles. The van der Waals surface area contributed by atoms with Crippen molar-refractivity contribution in [1.29, 1.82) is 0 Å². The summed E-state index contributed by atoms with van der Waals surface area (Å²) in [6.45, 7) is 4.62. The highest BCUT2D eigenvalue weighted by Crippen LogP contribution is 2.29. The van der Waals surface area contributed by atoms with Crippen LogP contribution in [-0.2, 0) is 24.3 Å². The van der Waals surface area contributed by atoms with E-state index in [0.717, 1.165) is 47.3 Å². The van der Waals surface area contributed by atoms with Gasteiger partial charge in [-0.3, -0.25) is 4.79 Å². The molecule has 1 amide bonds. The second kappa shape index (κ2) is 9.95. The lowest BCUT2D eigenvalue weighted by Crippen LogP contribution is -2.19. The molecule has 9 nitrogen and oxygen atoms in total. The van der Waals surface area contributed by atoms with Gasteiger partial charge in [-0.15, -0.1) is 5.10 Å². The van der Waals surface area contributed by atoms with Gasteiger partial charge in [0, 0.05) is 18.9 Å². The van der Waals surface area contributed by atoms with Crippen LogP contribution in [-0.4, -0.2) is 41.3 Å². The summed E-state index contributed by atoms with van der Waals surface area (Å²) < 4.78 is 1.94. The number of tetrazole rings is 1. The molecule has 2 aromatic heterocycles. The summed E-state index contributed by atoms with van der Waals surface area (Å²) in [5, 5.41) is 21.7. The number of nitrogens with zero attached hydrogens (tertiary/aromatic N) is 6. The van der Waals surface area contributed by atoms with Crippen molar-refractivity contribution in [2.24, 2.45) is 0 Å². The number of unbranched alkanes of at least 4 members (excludes halogenated alkanes) is 1. The minimum Gasteiger partial charge on any atom is -0.349 e. The minimum atomic E-state index is -0.0894. The van der Waals surface area contributed by atoms with Gasteiger partial charge in [0.25, 0.3) is 0 Å². The molecule has 0 aliphatic carbocycles. The molecule has 0 spiro atoms. The molecule has 2 N–H and O–H groups in total. The zero-order valence-corrected chi connectivity index (χ0v) is 18.2. The highest BCUT2D eigenvalue weighted by atomic mass is 16.1. The average molecular weight is 431 g/mol. The van der Waals surface area contributed by atoms with Crippen molar-refractivity contribution in [3.05, 3.63) is 65.7 Å². The fraction of sp³-hybridized carbons (Fsp3) is 0.304. The summed E-state index contributed by atoms with van der Waals surface area (Å²) in [4.78, 5) is 15.9. The smallest absolute Gasteiger partial charge is 0.217 e. The molecule has 0 radical (unpaired) electrons. The van der Waals surface area contributed by atoms with Gasteiger partial charge in [0.1, 0.15) is 5.82 Å². The Balaban J connectivity index is 1.55. The van der Waals surface area contributed by atoms with E-state index < -0.39 is 0 Å². The number of carbonyl (C=O) groups is 1. The van der Waals surface area contributed by atoms with E-state index >= 15 is 0 Å². The number of carbonyl (C=O) groups excluding carboxylic acids is 1. The quantitative estimate of drug-likeness (QED) is 0.422. The Kier molecular flexibility index (Phi) is 6.64. The highest BCUT2D eigenvalue weighted by molar-refractivity contribution is 5.80. The number of aromatic nitrogens is 7. The molecule has 9 heteroatoms. The zero-order valence-electron chi connectivity index (χ0n) is 18.2. The van der Waals surface area contributed by atoms with E-state index in [2.05, 4.69) is 73.3 Å². The summed E-state index contributed by atoms with van der Waals surface area (Å²) in [5.41, 5.74) is 4.21. The third kappa shape index (κ3) is 5.05. The van der Waals surface area contributed by atoms with Gasteiger partial charge >= 0.3 is 0 Å². The predicted molar refractivity (Wildman–Crippen MR) is 120 cm³/mol. The van der Waals surface area contributed by atoms with Crippen LogP contribution in [0.3, 0.4) is 0 Å². The monoisotopic (exact) mass is 430 g/mol. The molecular formula is C23H26N8O. The van der Waals surface area contributed by atoms with Crippen molar-refractivity contribution < 1.29 is 4.79 Å². The maximum Gasteiger partial charge on any atom is 0.217 e. The van der Waals surface area contributed by atoms with Crippen LogP contribution < -0.4 is 5.32 Å². The van der Waals surface area contributed by atoms with E-state index in [1.165, 1.54) is 6.92 Å². The lowest BCUT2D eigenvalue weighted by molar-refractivity contribution is -0.119. The van der Waals surface area contributed by atoms with E-state index in [-0.39, 0.29) is 5.91 Å². The molecule has 0 saturated carbocycles. The van der Waals surface area contributed by atoms with Crippen molar-refractivity contribution in [2.75, 3.05) is 0 Å². The number of amides is 1. The first-order chi connectivity index (χ1) is 15.6. The summed E-state index contributed by atoms with van der Waals surface area (Å²) in [6.07, 6.45) is 2.99. The first-order valence-electron chi connectivity index (χ1n) is 10.7. The summed E-state index contributed by atoms with van der Waals surface area (Å²) in [6, 6.07) is 16.4. The van der Waals surface area contributed by atoms with Crippen LogP contribution in [0.1, 0.15) is 43.9 Å². The SMILES string of the molecule is CCCCc1nc(CNC(C)=O)nn1Cc1ccc(-c2ccccc2-c2nnn[nH]2)cc1. The average Bonchev–Trinajstić information content (AvgIpc) is 3.47. The van der Waals surface area contributed by atoms with Gasteiger partial charge in [-0.25, -0.2) is 14.8 Å². The van der Waals surface area contributed by atoms with Gasteiger partial charge in [0.15, 0.2) is 11.6 Å². The largest absolute Gasteiger partial charge is 0.349 e. The van der Waals surface area contributed by atoms with E-state index in [4.69, 9.17) is 0 Å². The van der Waals surface area contributed by atoms with E-state index in [0.29, 0.717) is 24.7 Å². The van der Waals surface area contributed by atoms with Gasteiger partial charge in [0.05, 0.1) is 13.1 Å². The molecule has 0 fully saturated rings. The van der Waals surface area contributed by atoms with E-state index in [1.807, 2.05) is 22.9 Å². The molecule has 0 aliphatic rings. The lowest BCUT2D eigenvalue weighted by atomic mass is 9.98. The zero-order chi connectivity index (χ0) is 22.3. The van der Waals surface area contributed by atoms with Crippen LogP contribution >= 0.6 is 0 Å². The van der Waals surface area contributed by atoms with Crippen LogP contribution in [0.15, 0.2) is 48.5 Å². The molecule has 0 bridgehead atoms. The molecule has 0 saturated heterocycles. The molecule has 0 atom stereocenters. The van der Waals surface area contributed by atoms with Crippen molar-refractivity contribution in [2.45, 2.75) is 46.2 Å². The first-order valence-corrected chi connectivity index (χ1v) is 10.7. The molecular weight excluding hydrogens is 404 g/mol. The van der Waals surface area contributed by atoms with Gasteiger partial charge in [-0.1, -0.05) is 61.9 Å². The van der Waals surface area contributed by atoms with Crippen molar-refractivity contribution in [3.8, 4) is 22.5 Å². The van der Waals surface area contributed by atoms with E-state index in [9.17, 15) is 4.79 Å². The van der Waals surface area contributed by atoms with Crippen molar-refractivity contribution in [3.63, 3.8) is 0 Å². The van der Waals surface area contributed by atoms with Gasteiger partial charge in [-0.2, -0.15) is 5.10 Å². The van der Waals surface area contributed by atoms with Gasteiger partial charge in [0.2, 0.25) is 5.91 Å². The number of nitrogens with one attached hydrogen (secondary N) is 2. The van der Waals surface area contributed by atoms with Crippen molar-refractivity contribution in [1.82, 2.24) is 40.7 Å². The van der Waals surface area contributed by atoms with Crippen molar-refractivity contribution >= 4 is 5.91 Å². The standard InChI is InChI=1S/C23H26N8O/c1-3-4-9-22-25-21(14-24-16(2)32)28-31(22)15-17-10-12-18(13-11-17)19-7-5-6-8-20(19)23-26-29-30-27-23/h5-8,10-13H,3-4,9,14-15H2,1-2H3,(H,24,32)(H,26,27,29,30). The maximum absolute atomic E-state index is 11.2.